The average molecular weight is 340 g/mol. The Morgan fingerprint density at radius 1 is 1.00 bits per heavy atom. The zero-order valence-electron chi connectivity index (χ0n) is 14.0. The Labute approximate surface area is 146 Å². The number of benzene rings is 2. The van der Waals surface area contributed by atoms with E-state index in [1.807, 2.05) is 29.2 Å². The molecule has 0 aromatic heterocycles. The van der Waals surface area contributed by atoms with Gasteiger partial charge in [-0.15, -0.1) is 0 Å². The highest BCUT2D eigenvalue weighted by Gasteiger charge is 2.35. The Hall–Kier alpha value is -2.40. The molecule has 2 aliphatic heterocycles. The van der Waals surface area contributed by atoms with Crippen molar-refractivity contribution in [1.82, 2.24) is 4.90 Å². The maximum absolute atomic E-state index is 13.2. The maximum atomic E-state index is 13.2. The second kappa shape index (κ2) is 6.84. The van der Waals surface area contributed by atoms with Gasteiger partial charge in [0.05, 0.1) is 24.8 Å². The molecule has 1 atom stereocenters. The zero-order chi connectivity index (χ0) is 17.2. The number of hydrogen-bond acceptors (Lipinski definition) is 3. The third-order valence-electron chi connectivity index (χ3n) is 5.02. The smallest absolute Gasteiger partial charge is 0.256 e. The number of likely N-dealkylation sites (tertiary alicyclic amines) is 1. The van der Waals surface area contributed by atoms with Crippen molar-refractivity contribution in [2.45, 2.75) is 12.5 Å². The molecule has 0 radical (unpaired) electrons. The van der Waals surface area contributed by atoms with E-state index in [1.54, 1.807) is 12.1 Å². The lowest BCUT2D eigenvalue weighted by Gasteiger charge is -2.42. The van der Waals surface area contributed by atoms with Crippen LogP contribution in [0.3, 0.4) is 0 Å². The second-order valence-corrected chi connectivity index (χ2v) is 6.47. The largest absolute Gasteiger partial charge is 0.378 e. The predicted octanol–water partition coefficient (Wildman–Crippen LogP) is 3.25. The molecule has 2 fully saturated rings. The number of anilines is 1. The molecule has 1 amide bonds. The van der Waals surface area contributed by atoms with Crippen molar-refractivity contribution in [2.24, 2.45) is 0 Å². The third-order valence-corrected chi connectivity index (χ3v) is 5.02. The number of carbonyl (C=O) groups excluding carboxylic acids is 1. The number of nitrogens with zero attached hydrogens (tertiary/aromatic N) is 2. The molecule has 25 heavy (non-hydrogen) atoms. The summed E-state index contributed by atoms with van der Waals surface area (Å²) in [7, 11) is 0. The first kappa shape index (κ1) is 16.1. The number of rotatable bonds is 3. The summed E-state index contributed by atoms with van der Waals surface area (Å²) in [5.41, 5.74) is 2.70. The minimum absolute atomic E-state index is 0.0332. The van der Waals surface area contributed by atoms with Crippen LogP contribution in [0.15, 0.2) is 48.5 Å². The molecule has 2 heterocycles. The van der Waals surface area contributed by atoms with Crippen molar-refractivity contribution in [2.75, 3.05) is 37.7 Å². The highest BCUT2D eigenvalue weighted by Crippen LogP contribution is 2.36. The van der Waals surface area contributed by atoms with Gasteiger partial charge in [-0.25, -0.2) is 4.39 Å². The number of carbonyl (C=O) groups is 1. The van der Waals surface area contributed by atoms with Crippen LogP contribution < -0.4 is 4.90 Å². The van der Waals surface area contributed by atoms with Crippen molar-refractivity contribution in [1.29, 1.82) is 0 Å². The number of morpholine rings is 1. The molecule has 2 aromatic rings. The molecule has 0 bridgehead atoms. The van der Waals surface area contributed by atoms with E-state index in [0.717, 1.165) is 42.9 Å². The zero-order valence-corrected chi connectivity index (χ0v) is 14.0. The first-order valence-corrected chi connectivity index (χ1v) is 8.72. The molecule has 0 aliphatic carbocycles. The lowest BCUT2D eigenvalue weighted by Crippen LogP contribution is -2.46. The number of ether oxygens (including phenoxy) is 1. The van der Waals surface area contributed by atoms with Crippen LogP contribution >= 0.6 is 0 Å². The molecular weight excluding hydrogens is 319 g/mol. The van der Waals surface area contributed by atoms with Crippen LogP contribution in [0.25, 0.3) is 0 Å². The molecule has 4 rings (SSSR count). The molecule has 4 nitrogen and oxygen atoms in total. The normalized spacial score (nSPS) is 20.3. The average Bonchev–Trinajstić information content (AvgIpc) is 2.63. The van der Waals surface area contributed by atoms with Crippen LogP contribution in [0, 0.1) is 5.82 Å². The molecule has 2 aromatic carbocycles. The van der Waals surface area contributed by atoms with Crippen LogP contribution in [-0.4, -0.2) is 43.7 Å². The van der Waals surface area contributed by atoms with Crippen LogP contribution in [0.2, 0.25) is 0 Å². The van der Waals surface area contributed by atoms with E-state index in [-0.39, 0.29) is 17.8 Å². The molecule has 1 unspecified atom stereocenters. The van der Waals surface area contributed by atoms with Crippen molar-refractivity contribution < 1.29 is 13.9 Å². The number of amides is 1. The summed E-state index contributed by atoms with van der Waals surface area (Å²) in [6, 6.07) is 14.3. The van der Waals surface area contributed by atoms with Crippen LogP contribution in [0.4, 0.5) is 10.1 Å². The van der Waals surface area contributed by atoms with Crippen molar-refractivity contribution in [3.8, 4) is 0 Å². The highest BCUT2D eigenvalue weighted by molar-refractivity contribution is 6.00. The highest BCUT2D eigenvalue weighted by atomic mass is 19.1. The van der Waals surface area contributed by atoms with E-state index < -0.39 is 0 Å². The summed E-state index contributed by atoms with van der Waals surface area (Å²) >= 11 is 0. The summed E-state index contributed by atoms with van der Waals surface area (Å²) in [6.45, 7) is 3.70. The van der Waals surface area contributed by atoms with E-state index in [0.29, 0.717) is 13.2 Å². The molecule has 130 valence electrons. The second-order valence-electron chi connectivity index (χ2n) is 6.47. The van der Waals surface area contributed by atoms with Crippen molar-refractivity contribution in [3.63, 3.8) is 0 Å². The van der Waals surface area contributed by atoms with E-state index in [4.69, 9.17) is 4.74 Å². The van der Waals surface area contributed by atoms with Gasteiger partial charge in [0.25, 0.3) is 5.91 Å². The van der Waals surface area contributed by atoms with Gasteiger partial charge in [-0.1, -0.05) is 24.3 Å². The van der Waals surface area contributed by atoms with Gasteiger partial charge in [0.1, 0.15) is 5.82 Å². The molecule has 2 saturated heterocycles. The lowest BCUT2D eigenvalue weighted by molar-refractivity contribution is 0.0460. The van der Waals surface area contributed by atoms with E-state index in [1.165, 1.54) is 12.1 Å². The van der Waals surface area contributed by atoms with Gasteiger partial charge >= 0.3 is 0 Å². The summed E-state index contributed by atoms with van der Waals surface area (Å²) < 4.78 is 18.6. The molecule has 5 heteroatoms. The van der Waals surface area contributed by atoms with Gasteiger partial charge in [-0.3, -0.25) is 4.79 Å². The summed E-state index contributed by atoms with van der Waals surface area (Å²) in [6.07, 6.45) is 0.914. The van der Waals surface area contributed by atoms with Crippen molar-refractivity contribution in [3.05, 3.63) is 65.5 Å². The summed E-state index contributed by atoms with van der Waals surface area (Å²) in [4.78, 5) is 17.2. The Kier molecular flexibility index (Phi) is 4.40. The van der Waals surface area contributed by atoms with E-state index in [9.17, 15) is 9.18 Å². The van der Waals surface area contributed by atoms with Crippen LogP contribution in [0.5, 0.6) is 0 Å². The molecular formula is C20H21FN2O2. The number of halogens is 1. The molecule has 2 aliphatic rings. The molecule has 0 N–H and O–H groups in total. The fraction of sp³-hybridized carbons (Fsp3) is 0.350. The first-order valence-electron chi connectivity index (χ1n) is 8.72. The van der Waals surface area contributed by atoms with Gasteiger partial charge in [0, 0.05) is 25.3 Å². The fourth-order valence-corrected chi connectivity index (χ4v) is 3.55. The van der Waals surface area contributed by atoms with Gasteiger partial charge in [0.15, 0.2) is 0 Å². The third kappa shape index (κ3) is 3.12. The minimum Gasteiger partial charge on any atom is -0.378 e. The monoisotopic (exact) mass is 340 g/mol. The summed E-state index contributed by atoms with van der Waals surface area (Å²) in [5, 5.41) is 0. The number of para-hydroxylation sites is 1. The predicted molar refractivity (Wildman–Crippen MR) is 94.3 cm³/mol. The van der Waals surface area contributed by atoms with Gasteiger partial charge < -0.3 is 14.5 Å². The van der Waals surface area contributed by atoms with Crippen molar-refractivity contribution >= 4 is 11.6 Å². The minimum atomic E-state index is -0.251. The topological polar surface area (TPSA) is 32.8 Å². The van der Waals surface area contributed by atoms with E-state index in [2.05, 4.69) is 4.90 Å². The van der Waals surface area contributed by atoms with Crippen LogP contribution in [0.1, 0.15) is 28.4 Å². The lowest BCUT2D eigenvalue weighted by atomic mass is 9.93. The Morgan fingerprint density at radius 2 is 1.72 bits per heavy atom. The van der Waals surface area contributed by atoms with Gasteiger partial charge in [-0.2, -0.15) is 0 Å². The maximum Gasteiger partial charge on any atom is 0.256 e. The molecule has 0 spiro atoms. The summed E-state index contributed by atoms with van der Waals surface area (Å²) in [5.74, 6) is -0.207. The Morgan fingerprint density at radius 3 is 2.40 bits per heavy atom. The Bertz CT molecular complexity index is 757. The quantitative estimate of drug-likeness (QED) is 0.860. The molecule has 0 saturated carbocycles. The number of hydrogen-bond donors (Lipinski definition) is 0. The SMILES string of the molecule is O=C(c1ccccc1N1CCOCC1)N1CCC1c1ccc(F)cc1. The first-order chi connectivity index (χ1) is 12.2. The van der Waals surface area contributed by atoms with Gasteiger partial charge in [0.2, 0.25) is 0 Å². The van der Waals surface area contributed by atoms with Crippen LogP contribution in [-0.2, 0) is 4.74 Å². The van der Waals surface area contributed by atoms with E-state index >= 15 is 0 Å². The standard InChI is InChI=1S/C20H21FN2O2/c21-16-7-5-15(6-8-16)18-9-10-23(18)20(24)17-3-1-2-4-19(17)22-11-13-25-14-12-22/h1-8,18H,9-14H2. The fourth-order valence-electron chi connectivity index (χ4n) is 3.55. The van der Waals surface area contributed by atoms with Gasteiger partial charge in [-0.05, 0) is 36.2 Å². The Balaban J connectivity index is 1.57.